The van der Waals surface area contributed by atoms with Crippen molar-refractivity contribution in [2.45, 2.75) is 17.3 Å². The van der Waals surface area contributed by atoms with Crippen LogP contribution in [-0.2, 0) is 4.79 Å². The van der Waals surface area contributed by atoms with Gasteiger partial charge < -0.3 is 15.9 Å². The zero-order valence-electron chi connectivity index (χ0n) is 14.7. The molecule has 0 aliphatic rings. The number of thioether (sulfide) groups is 1. The molecule has 140 valence electrons. The van der Waals surface area contributed by atoms with Gasteiger partial charge in [-0.25, -0.2) is 4.68 Å². The van der Waals surface area contributed by atoms with E-state index in [1.807, 2.05) is 24.3 Å². The lowest BCUT2D eigenvalue weighted by atomic mass is 10.2. The fourth-order valence-electron chi connectivity index (χ4n) is 2.35. The molecule has 0 aliphatic carbocycles. The number of halogens is 1. The van der Waals surface area contributed by atoms with Crippen LogP contribution in [-0.4, -0.2) is 33.1 Å². The summed E-state index contributed by atoms with van der Waals surface area (Å²) in [4.78, 5) is 12.5. The molecule has 1 atom stereocenters. The SMILES string of the molecule is COc1ccccc1NC(=O)[C@H](C)Sc1nnc(-c2ccc(Cl)cc2)n1N. The second kappa shape index (κ2) is 8.32. The Balaban J connectivity index is 1.71. The first-order chi connectivity index (χ1) is 13.0. The van der Waals surface area contributed by atoms with Crippen molar-refractivity contribution in [1.82, 2.24) is 14.9 Å². The maximum Gasteiger partial charge on any atom is 0.237 e. The predicted molar refractivity (Wildman–Crippen MR) is 108 cm³/mol. The van der Waals surface area contributed by atoms with Gasteiger partial charge in [0.2, 0.25) is 11.1 Å². The quantitative estimate of drug-likeness (QED) is 0.483. The molecule has 1 heterocycles. The van der Waals surface area contributed by atoms with E-state index >= 15 is 0 Å². The van der Waals surface area contributed by atoms with Gasteiger partial charge >= 0.3 is 0 Å². The Morgan fingerprint density at radius 1 is 1.22 bits per heavy atom. The minimum absolute atomic E-state index is 0.194. The number of nitrogens with two attached hydrogens (primary N) is 1. The van der Waals surface area contributed by atoms with Crippen LogP contribution in [0.15, 0.2) is 53.7 Å². The summed E-state index contributed by atoms with van der Waals surface area (Å²) >= 11 is 7.12. The molecule has 0 bridgehead atoms. The largest absolute Gasteiger partial charge is 0.495 e. The maximum atomic E-state index is 12.5. The molecule has 0 radical (unpaired) electrons. The fourth-order valence-corrected chi connectivity index (χ4v) is 3.24. The van der Waals surface area contributed by atoms with Crippen LogP contribution in [0.3, 0.4) is 0 Å². The van der Waals surface area contributed by atoms with Crippen molar-refractivity contribution in [2.24, 2.45) is 0 Å². The summed E-state index contributed by atoms with van der Waals surface area (Å²) in [7, 11) is 1.55. The third-order valence-electron chi connectivity index (χ3n) is 3.78. The van der Waals surface area contributed by atoms with Crippen LogP contribution < -0.4 is 15.9 Å². The number of para-hydroxylation sites is 2. The third-order valence-corrected chi connectivity index (χ3v) is 5.09. The normalized spacial score (nSPS) is 11.8. The van der Waals surface area contributed by atoms with Crippen molar-refractivity contribution in [3.63, 3.8) is 0 Å². The maximum absolute atomic E-state index is 12.5. The summed E-state index contributed by atoms with van der Waals surface area (Å²) in [6.07, 6.45) is 0. The number of hydrogen-bond acceptors (Lipinski definition) is 6. The molecule has 3 N–H and O–H groups in total. The van der Waals surface area contributed by atoms with Crippen molar-refractivity contribution in [3.05, 3.63) is 53.6 Å². The minimum Gasteiger partial charge on any atom is -0.495 e. The Kier molecular flexibility index (Phi) is 5.88. The molecule has 1 aromatic heterocycles. The van der Waals surface area contributed by atoms with Gasteiger partial charge in [-0.1, -0.05) is 35.5 Å². The summed E-state index contributed by atoms with van der Waals surface area (Å²) in [5.74, 6) is 7.00. The highest BCUT2D eigenvalue weighted by atomic mass is 35.5. The van der Waals surface area contributed by atoms with Crippen molar-refractivity contribution < 1.29 is 9.53 Å². The van der Waals surface area contributed by atoms with E-state index in [-0.39, 0.29) is 5.91 Å². The van der Waals surface area contributed by atoms with Gasteiger partial charge in [0, 0.05) is 10.6 Å². The monoisotopic (exact) mass is 403 g/mol. The zero-order chi connectivity index (χ0) is 19.4. The summed E-state index contributed by atoms with van der Waals surface area (Å²) in [5, 5.41) is 11.7. The first-order valence-electron chi connectivity index (χ1n) is 8.06. The lowest BCUT2D eigenvalue weighted by molar-refractivity contribution is -0.115. The molecule has 0 saturated heterocycles. The highest BCUT2D eigenvalue weighted by Gasteiger charge is 2.20. The number of hydrogen-bond donors (Lipinski definition) is 2. The summed E-state index contributed by atoms with van der Waals surface area (Å²) in [6.45, 7) is 1.77. The van der Waals surface area contributed by atoms with Crippen molar-refractivity contribution in [1.29, 1.82) is 0 Å². The molecule has 3 rings (SSSR count). The number of carbonyl (C=O) groups excluding carboxylic acids is 1. The Hall–Kier alpha value is -2.71. The Morgan fingerprint density at radius 3 is 2.63 bits per heavy atom. The highest BCUT2D eigenvalue weighted by Crippen LogP contribution is 2.28. The Labute approximate surface area is 165 Å². The fraction of sp³-hybridized carbons (Fsp3) is 0.167. The van der Waals surface area contributed by atoms with Gasteiger partial charge in [-0.2, -0.15) is 0 Å². The predicted octanol–water partition coefficient (Wildman–Crippen LogP) is 3.44. The van der Waals surface area contributed by atoms with Gasteiger partial charge in [0.05, 0.1) is 18.0 Å². The van der Waals surface area contributed by atoms with Crippen LogP contribution >= 0.6 is 23.4 Å². The van der Waals surface area contributed by atoms with Gasteiger partial charge in [-0.15, -0.1) is 10.2 Å². The van der Waals surface area contributed by atoms with Crippen LogP contribution in [0.1, 0.15) is 6.92 Å². The Bertz CT molecular complexity index is 945. The van der Waals surface area contributed by atoms with E-state index < -0.39 is 5.25 Å². The van der Waals surface area contributed by atoms with Crippen LogP contribution in [0.5, 0.6) is 5.75 Å². The number of methoxy groups -OCH3 is 1. The van der Waals surface area contributed by atoms with Crippen LogP contribution in [0.4, 0.5) is 5.69 Å². The van der Waals surface area contributed by atoms with E-state index in [0.29, 0.717) is 27.4 Å². The van der Waals surface area contributed by atoms with Gasteiger partial charge in [0.1, 0.15) is 5.75 Å². The second-order valence-electron chi connectivity index (χ2n) is 5.63. The number of ether oxygens (including phenoxy) is 1. The first kappa shape index (κ1) is 19.1. The van der Waals surface area contributed by atoms with Crippen molar-refractivity contribution >= 4 is 35.0 Å². The van der Waals surface area contributed by atoms with Gasteiger partial charge in [0.15, 0.2) is 5.82 Å². The van der Waals surface area contributed by atoms with Crippen molar-refractivity contribution in [3.8, 4) is 17.1 Å². The molecule has 0 unspecified atom stereocenters. The molecule has 0 spiro atoms. The number of nitrogen functional groups attached to an aromatic ring is 1. The average molecular weight is 404 g/mol. The molecular weight excluding hydrogens is 386 g/mol. The minimum atomic E-state index is -0.445. The number of nitrogens with one attached hydrogen (secondary N) is 1. The van der Waals surface area contributed by atoms with Gasteiger partial charge in [-0.05, 0) is 43.3 Å². The van der Waals surface area contributed by atoms with E-state index in [1.54, 1.807) is 38.3 Å². The van der Waals surface area contributed by atoms with Gasteiger partial charge in [0.25, 0.3) is 0 Å². The summed E-state index contributed by atoms with van der Waals surface area (Å²) in [6, 6.07) is 14.3. The number of carbonyl (C=O) groups is 1. The molecular formula is C18H18ClN5O2S. The number of rotatable bonds is 6. The van der Waals surface area contributed by atoms with E-state index in [4.69, 9.17) is 22.2 Å². The average Bonchev–Trinajstić information content (AvgIpc) is 3.03. The number of aromatic nitrogens is 3. The molecule has 27 heavy (non-hydrogen) atoms. The lowest BCUT2D eigenvalue weighted by Crippen LogP contribution is -2.24. The van der Waals surface area contributed by atoms with E-state index in [1.165, 1.54) is 16.4 Å². The standard InChI is InChI=1S/C18H18ClN5O2S/c1-11(17(25)21-14-5-3-4-6-15(14)26-2)27-18-23-22-16(24(18)20)12-7-9-13(19)10-8-12/h3-11H,20H2,1-2H3,(H,21,25)/t11-/m0/s1. The number of benzene rings is 2. The molecule has 3 aromatic rings. The smallest absolute Gasteiger partial charge is 0.237 e. The molecule has 0 aliphatic heterocycles. The number of amides is 1. The molecule has 7 nitrogen and oxygen atoms in total. The summed E-state index contributed by atoms with van der Waals surface area (Å²) in [5.41, 5.74) is 1.39. The summed E-state index contributed by atoms with van der Waals surface area (Å²) < 4.78 is 6.61. The van der Waals surface area contributed by atoms with Gasteiger partial charge in [-0.3, -0.25) is 4.79 Å². The molecule has 0 saturated carbocycles. The topological polar surface area (TPSA) is 95.1 Å². The molecule has 9 heteroatoms. The number of nitrogens with zero attached hydrogens (tertiary/aromatic N) is 3. The van der Waals surface area contributed by atoms with Crippen LogP contribution in [0.2, 0.25) is 5.02 Å². The van der Waals surface area contributed by atoms with Crippen LogP contribution in [0.25, 0.3) is 11.4 Å². The zero-order valence-corrected chi connectivity index (χ0v) is 16.3. The molecule has 2 aromatic carbocycles. The first-order valence-corrected chi connectivity index (χ1v) is 9.32. The van der Waals surface area contributed by atoms with Crippen molar-refractivity contribution in [2.75, 3.05) is 18.3 Å². The lowest BCUT2D eigenvalue weighted by Gasteiger charge is -2.13. The third kappa shape index (κ3) is 4.35. The molecule has 1 amide bonds. The Morgan fingerprint density at radius 2 is 1.93 bits per heavy atom. The molecule has 0 fully saturated rings. The number of anilines is 1. The van der Waals surface area contributed by atoms with E-state index in [9.17, 15) is 4.79 Å². The van der Waals surface area contributed by atoms with E-state index in [0.717, 1.165) is 5.56 Å². The van der Waals surface area contributed by atoms with E-state index in [2.05, 4.69) is 15.5 Å². The second-order valence-corrected chi connectivity index (χ2v) is 7.38. The van der Waals surface area contributed by atoms with Crippen LogP contribution in [0, 0.1) is 0 Å². The highest BCUT2D eigenvalue weighted by molar-refractivity contribution is 8.00.